The Morgan fingerprint density at radius 1 is 1.12 bits per heavy atom. The Labute approximate surface area is 145 Å². The van der Waals surface area contributed by atoms with Crippen molar-refractivity contribution in [1.29, 1.82) is 0 Å². The number of amides is 3. The van der Waals surface area contributed by atoms with E-state index in [0.29, 0.717) is 24.9 Å². The molecule has 2 aliphatic heterocycles. The number of furan rings is 1. The molecular formula is C19H18N2O4. The molecule has 2 aliphatic rings. The zero-order valence-electron chi connectivity index (χ0n) is 13.6. The first kappa shape index (κ1) is 15.6. The maximum atomic E-state index is 12.9. The number of nitrogens with zero attached hydrogens (tertiary/aromatic N) is 2. The van der Waals surface area contributed by atoms with E-state index < -0.39 is 12.0 Å². The molecular weight excluding hydrogens is 320 g/mol. The van der Waals surface area contributed by atoms with Gasteiger partial charge >= 0.3 is 0 Å². The fraction of sp³-hybridized carbons (Fsp3) is 0.316. The van der Waals surface area contributed by atoms with Crippen LogP contribution in [0.3, 0.4) is 0 Å². The Kier molecular flexibility index (Phi) is 3.87. The molecule has 2 atom stereocenters. The van der Waals surface area contributed by atoms with E-state index in [1.54, 1.807) is 6.07 Å². The van der Waals surface area contributed by atoms with Crippen LogP contribution in [0.25, 0.3) is 0 Å². The molecule has 128 valence electrons. The predicted octanol–water partition coefficient (Wildman–Crippen LogP) is 2.07. The number of carbonyl (C=O) groups is 3. The van der Waals surface area contributed by atoms with Gasteiger partial charge in [-0.25, -0.2) is 0 Å². The number of piperidine rings is 1. The molecule has 2 saturated heterocycles. The van der Waals surface area contributed by atoms with Crippen LogP contribution in [-0.4, -0.2) is 40.1 Å². The molecule has 1 aromatic carbocycles. The lowest BCUT2D eigenvalue weighted by molar-refractivity contribution is -0.140. The SMILES string of the molecule is O=C1[C@@H]2[C@@H](CCCN2C(=O)c2ccoc2)C(=O)N1Cc1ccccc1. The number of benzene rings is 1. The summed E-state index contributed by atoms with van der Waals surface area (Å²) < 4.78 is 4.98. The third-order valence-electron chi connectivity index (χ3n) is 4.95. The molecule has 0 unspecified atom stereocenters. The highest BCUT2D eigenvalue weighted by atomic mass is 16.3. The van der Waals surface area contributed by atoms with Gasteiger partial charge in [0.25, 0.3) is 11.8 Å². The summed E-state index contributed by atoms with van der Waals surface area (Å²) in [6.07, 6.45) is 4.14. The molecule has 0 bridgehead atoms. The molecule has 25 heavy (non-hydrogen) atoms. The number of carbonyl (C=O) groups excluding carboxylic acids is 3. The van der Waals surface area contributed by atoms with Crippen LogP contribution >= 0.6 is 0 Å². The summed E-state index contributed by atoms with van der Waals surface area (Å²) in [4.78, 5) is 41.2. The molecule has 2 aromatic rings. The number of rotatable bonds is 3. The summed E-state index contributed by atoms with van der Waals surface area (Å²) in [5.41, 5.74) is 1.30. The summed E-state index contributed by atoms with van der Waals surface area (Å²) in [6, 6.07) is 10.3. The number of likely N-dealkylation sites (tertiary alicyclic amines) is 2. The quantitative estimate of drug-likeness (QED) is 0.803. The van der Waals surface area contributed by atoms with Gasteiger partial charge in [-0.05, 0) is 24.5 Å². The minimum absolute atomic E-state index is 0.177. The van der Waals surface area contributed by atoms with Gasteiger partial charge in [0, 0.05) is 6.54 Å². The number of hydrogen-bond donors (Lipinski definition) is 0. The first-order valence-electron chi connectivity index (χ1n) is 8.39. The highest BCUT2D eigenvalue weighted by molar-refractivity contribution is 6.09. The molecule has 4 rings (SSSR count). The first-order valence-corrected chi connectivity index (χ1v) is 8.39. The fourth-order valence-corrected chi connectivity index (χ4v) is 3.73. The van der Waals surface area contributed by atoms with Gasteiger partial charge in [-0.3, -0.25) is 19.3 Å². The van der Waals surface area contributed by atoms with Gasteiger partial charge < -0.3 is 9.32 Å². The van der Waals surface area contributed by atoms with Crippen molar-refractivity contribution in [2.24, 2.45) is 5.92 Å². The van der Waals surface area contributed by atoms with Crippen molar-refractivity contribution >= 4 is 17.7 Å². The first-order chi connectivity index (χ1) is 12.2. The van der Waals surface area contributed by atoms with Gasteiger partial charge in [0.05, 0.1) is 24.3 Å². The molecule has 2 fully saturated rings. The molecule has 3 heterocycles. The number of hydrogen-bond acceptors (Lipinski definition) is 4. The fourth-order valence-electron chi connectivity index (χ4n) is 3.73. The summed E-state index contributed by atoms with van der Waals surface area (Å²) in [5.74, 6) is -1.16. The van der Waals surface area contributed by atoms with Crippen LogP contribution in [0.15, 0.2) is 53.3 Å². The van der Waals surface area contributed by atoms with E-state index in [1.165, 1.54) is 22.3 Å². The zero-order valence-corrected chi connectivity index (χ0v) is 13.6. The summed E-state index contributed by atoms with van der Waals surface area (Å²) in [6.45, 7) is 0.725. The normalized spacial score (nSPS) is 23.0. The van der Waals surface area contributed by atoms with Crippen molar-refractivity contribution in [2.45, 2.75) is 25.4 Å². The second-order valence-electron chi connectivity index (χ2n) is 6.45. The van der Waals surface area contributed by atoms with E-state index in [2.05, 4.69) is 0 Å². The lowest BCUT2D eigenvalue weighted by Gasteiger charge is -2.34. The molecule has 0 radical (unpaired) electrons. The number of imide groups is 1. The van der Waals surface area contributed by atoms with Crippen LogP contribution in [-0.2, 0) is 16.1 Å². The summed E-state index contributed by atoms with van der Waals surface area (Å²) in [5, 5.41) is 0. The van der Waals surface area contributed by atoms with Crippen LogP contribution in [0.4, 0.5) is 0 Å². The highest BCUT2D eigenvalue weighted by Crippen LogP contribution is 2.34. The number of fused-ring (bicyclic) bond motifs is 1. The van der Waals surface area contributed by atoms with E-state index in [4.69, 9.17) is 4.42 Å². The molecule has 0 aliphatic carbocycles. The Hall–Kier alpha value is -2.89. The van der Waals surface area contributed by atoms with Crippen LogP contribution < -0.4 is 0 Å². The van der Waals surface area contributed by atoms with Crippen LogP contribution in [0.1, 0.15) is 28.8 Å². The van der Waals surface area contributed by atoms with Crippen LogP contribution in [0.2, 0.25) is 0 Å². The minimum Gasteiger partial charge on any atom is -0.472 e. The Morgan fingerprint density at radius 2 is 1.92 bits per heavy atom. The van der Waals surface area contributed by atoms with Crippen molar-refractivity contribution in [3.05, 3.63) is 60.1 Å². The van der Waals surface area contributed by atoms with Gasteiger partial charge in [-0.1, -0.05) is 30.3 Å². The third kappa shape index (κ3) is 2.63. The second-order valence-corrected chi connectivity index (χ2v) is 6.45. The third-order valence-corrected chi connectivity index (χ3v) is 4.95. The van der Waals surface area contributed by atoms with E-state index >= 15 is 0 Å². The van der Waals surface area contributed by atoms with Gasteiger partial charge in [-0.15, -0.1) is 0 Å². The van der Waals surface area contributed by atoms with Gasteiger partial charge in [0.2, 0.25) is 5.91 Å². The molecule has 3 amide bonds. The minimum atomic E-state index is -0.702. The predicted molar refractivity (Wildman–Crippen MR) is 88.3 cm³/mol. The van der Waals surface area contributed by atoms with Crippen molar-refractivity contribution < 1.29 is 18.8 Å². The lowest BCUT2D eigenvalue weighted by atomic mass is 9.91. The smallest absolute Gasteiger partial charge is 0.257 e. The standard InChI is InChI=1S/C19H18N2O4/c22-17(14-8-10-25-12-14)20-9-4-7-15-16(20)19(24)21(18(15)23)11-13-5-2-1-3-6-13/h1-3,5-6,8,10,12,15-16H,4,7,9,11H2/t15-,16+/m1/s1. The zero-order chi connectivity index (χ0) is 17.4. The Balaban J connectivity index is 1.60. The summed E-state index contributed by atoms with van der Waals surface area (Å²) >= 11 is 0. The van der Waals surface area contributed by atoms with E-state index in [1.807, 2.05) is 30.3 Å². The van der Waals surface area contributed by atoms with Gasteiger partial charge in [-0.2, -0.15) is 0 Å². The van der Waals surface area contributed by atoms with E-state index in [0.717, 1.165) is 5.56 Å². The second kappa shape index (κ2) is 6.20. The highest BCUT2D eigenvalue weighted by Gasteiger charge is 2.52. The molecule has 6 nitrogen and oxygen atoms in total. The van der Waals surface area contributed by atoms with E-state index in [9.17, 15) is 14.4 Å². The average Bonchev–Trinajstić information content (AvgIpc) is 3.26. The maximum absolute atomic E-state index is 12.9. The molecule has 0 spiro atoms. The van der Waals surface area contributed by atoms with Gasteiger partial charge in [0.1, 0.15) is 12.3 Å². The maximum Gasteiger partial charge on any atom is 0.257 e. The van der Waals surface area contributed by atoms with Gasteiger partial charge in [0.15, 0.2) is 0 Å². The monoisotopic (exact) mass is 338 g/mol. The Morgan fingerprint density at radius 3 is 2.64 bits per heavy atom. The van der Waals surface area contributed by atoms with Crippen molar-refractivity contribution in [3.8, 4) is 0 Å². The van der Waals surface area contributed by atoms with Crippen molar-refractivity contribution in [2.75, 3.05) is 6.54 Å². The van der Waals surface area contributed by atoms with Crippen molar-refractivity contribution in [3.63, 3.8) is 0 Å². The molecule has 0 saturated carbocycles. The van der Waals surface area contributed by atoms with E-state index in [-0.39, 0.29) is 24.3 Å². The molecule has 6 heteroatoms. The summed E-state index contributed by atoms with van der Waals surface area (Å²) in [7, 11) is 0. The topological polar surface area (TPSA) is 70.8 Å². The lowest BCUT2D eigenvalue weighted by Crippen LogP contribution is -2.50. The van der Waals surface area contributed by atoms with Crippen molar-refractivity contribution in [1.82, 2.24) is 9.80 Å². The van der Waals surface area contributed by atoms with Crippen LogP contribution in [0, 0.1) is 5.92 Å². The average molecular weight is 338 g/mol. The Bertz CT molecular complexity index is 800. The van der Waals surface area contributed by atoms with Crippen LogP contribution in [0.5, 0.6) is 0 Å². The molecule has 1 aromatic heterocycles. The largest absolute Gasteiger partial charge is 0.472 e. The molecule has 0 N–H and O–H groups in total.